The number of hydrogen-bond acceptors (Lipinski definition) is 2. The van der Waals surface area contributed by atoms with E-state index in [9.17, 15) is 0 Å². The molecular formula is C14H26N2O. The lowest BCUT2D eigenvalue weighted by Crippen LogP contribution is -2.24. The van der Waals surface area contributed by atoms with Gasteiger partial charge in [0.2, 0.25) is 0 Å². The van der Waals surface area contributed by atoms with Gasteiger partial charge in [0.05, 0.1) is 12.3 Å². The molecule has 1 aromatic heterocycles. The van der Waals surface area contributed by atoms with Crippen LogP contribution in [-0.4, -0.2) is 16.9 Å². The van der Waals surface area contributed by atoms with Crippen LogP contribution in [0.25, 0.3) is 0 Å². The number of nitrogens with zero attached hydrogens (tertiary/aromatic N) is 2. The monoisotopic (exact) mass is 238 g/mol. The number of methoxy groups -OCH3 is 1. The summed E-state index contributed by atoms with van der Waals surface area (Å²) in [7, 11) is 3.74. The molecule has 0 saturated carbocycles. The number of aromatic nitrogens is 2. The Labute approximate surface area is 105 Å². The number of hydrogen-bond donors (Lipinski definition) is 0. The lowest BCUT2D eigenvalue weighted by Gasteiger charge is -2.27. The van der Waals surface area contributed by atoms with Crippen molar-refractivity contribution in [2.24, 2.45) is 7.05 Å². The molecule has 0 aromatic carbocycles. The number of aryl methyl sites for hydroxylation is 1. The Morgan fingerprint density at radius 1 is 1.06 bits per heavy atom. The van der Waals surface area contributed by atoms with E-state index in [1.807, 2.05) is 11.7 Å². The maximum Gasteiger partial charge on any atom is 0.0921 e. The standard InChI is InChI=1S/C14H26N2O/c1-13(2,3)11-10(9-17-8)15-16(7)12(11)14(4,5)6/h9H2,1-8H3. The van der Waals surface area contributed by atoms with E-state index in [1.54, 1.807) is 7.11 Å². The lowest BCUT2D eigenvalue weighted by atomic mass is 9.78. The van der Waals surface area contributed by atoms with Gasteiger partial charge in [-0.05, 0) is 5.41 Å². The quantitative estimate of drug-likeness (QED) is 0.791. The molecule has 0 aliphatic carbocycles. The van der Waals surface area contributed by atoms with Crippen molar-refractivity contribution in [3.8, 4) is 0 Å². The molecule has 0 amide bonds. The SMILES string of the molecule is COCc1nn(C)c(C(C)(C)C)c1C(C)(C)C. The van der Waals surface area contributed by atoms with Gasteiger partial charge in [0, 0.05) is 30.8 Å². The first-order valence-electron chi connectivity index (χ1n) is 6.14. The van der Waals surface area contributed by atoms with Gasteiger partial charge in [0.25, 0.3) is 0 Å². The van der Waals surface area contributed by atoms with Gasteiger partial charge in [-0.2, -0.15) is 5.10 Å². The molecule has 3 nitrogen and oxygen atoms in total. The molecule has 3 heteroatoms. The second kappa shape index (κ2) is 4.45. The number of rotatable bonds is 2. The van der Waals surface area contributed by atoms with Crippen molar-refractivity contribution in [1.29, 1.82) is 0 Å². The van der Waals surface area contributed by atoms with Crippen LogP contribution in [0, 0.1) is 0 Å². The summed E-state index contributed by atoms with van der Waals surface area (Å²) in [6.45, 7) is 14.0. The molecule has 0 atom stereocenters. The smallest absolute Gasteiger partial charge is 0.0921 e. The fourth-order valence-corrected chi connectivity index (χ4v) is 2.47. The summed E-state index contributed by atoms with van der Waals surface area (Å²) in [5, 5.41) is 4.62. The maximum absolute atomic E-state index is 5.27. The molecule has 0 unspecified atom stereocenters. The van der Waals surface area contributed by atoms with Gasteiger partial charge in [-0.25, -0.2) is 0 Å². The van der Waals surface area contributed by atoms with Crippen LogP contribution in [0.1, 0.15) is 58.5 Å². The highest BCUT2D eigenvalue weighted by molar-refractivity contribution is 5.36. The van der Waals surface area contributed by atoms with Crippen LogP contribution in [0.15, 0.2) is 0 Å². The Morgan fingerprint density at radius 2 is 1.59 bits per heavy atom. The Bertz CT molecular complexity index is 392. The van der Waals surface area contributed by atoms with E-state index in [1.165, 1.54) is 11.3 Å². The van der Waals surface area contributed by atoms with Crippen molar-refractivity contribution in [2.45, 2.75) is 59.0 Å². The molecule has 0 saturated heterocycles. The molecule has 1 heterocycles. The van der Waals surface area contributed by atoms with Crippen LogP contribution in [-0.2, 0) is 29.2 Å². The molecule has 0 radical (unpaired) electrons. The highest BCUT2D eigenvalue weighted by atomic mass is 16.5. The molecule has 1 aromatic rings. The maximum atomic E-state index is 5.27. The normalized spacial score (nSPS) is 13.2. The molecule has 0 N–H and O–H groups in total. The summed E-state index contributed by atoms with van der Waals surface area (Å²) in [4.78, 5) is 0. The zero-order valence-electron chi connectivity index (χ0n) is 12.5. The summed E-state index contributed by atoms with van der Waals surface area (Å²) in [5.41, 5.74) is 3.87. The summed E-state index contributed by atoms with van der Waals surface area (Å²) in [5.74, 6) is 0. The molecule has 0 spiro atoms. The average Bonchev–Trinajstić information content (AvgIpc) is 2.41. The lowest BCUT2D eigenvalue weighted by molar-refractivity contribution is 0.179. The van der Waals surface area contributed by atoms with Gasteiger partial charge in [-0.3, -0.25) is 4.68 Å². The minimum Gasteiger partial charge on any atom is -0.378 e. The van der Waals surface area contributed by atoms with Gasteiger partial charge >= 0.3 is 0 Å². The zero-order valence-corrected chi connectivity index (χ0v) is 12.5. The van der Waals surface area contributed by atoms with Crippen molar-refractivity contribution in [2.75, 3.05) is 7.11 Å². The van der Waals surface area contributed by atoms with Crippen molar-refractivity contribution < 1.29 is 4.74 Å². The van der Waals surface area contributed by atoms with E-state index < -0.39 is 0 Å². The zero-order chi connectivity index (χ0) is 13.4. The molecule has 0 bridgehead atoms. The predicted octanol–water partition coefficient (Wildman–Crippen LogP) is 3.16. The van der Waals surface area contributed by atoms with Crippen molar-refractivity contribution >= 4 is 0 Å². The molecule has 17 heavy (non-hydrogen) atoms. The van der Waals surface area contributed by atoms with Gasteiger partial charge in [-0.15, -0.1) is 0 Å². The van der Waals surface area contributed by atoms with Crippen LogP contribution in [0.3, 0.4) is 0 Å². The third-order valence-corrected chi connectivity index (χ3v) is 2.86. The van der Waals surface area contributed by atoms with E-state index in [0.717, 1.165) is 5.69 Å². The number of ether oxygens (including phenoxy) is 1. The van der Waals surface area contributed by atoms with Gasteiger partial charge in [0.15, 0.2) is 0 Å². The second-order valence-corrected chi connectivity index (χ2v) is 6.73. The Morgan fingerprint density at radius 3 is 1.94 bits per heavy atom. The van der Waals surface area contributed by atoms with Crippen LogP contribution >= 0.6 is 0 Å². The third-order valence-electron chi connectivity index (χ3n) is 2.86. The Balaban J connectivity index is 3.49. The topological polar surface area (TPSA) is 27.1 Å². The Kier molecular flexibility index (Phi) is 3.72. The van der Waals surface area contributed by atoms with E-state index in [2.05, 4.69) is 46.6 Å². The highest BCUT2D eigenvalue weighted by Gasteiger charge is 2.32. The van der Waals surface area contributed by atoms with Gasteiger partial charge in [0.1, 0.15) is 0 Å². The third kappa shape index (κ3) is 2.89. The minimum atomic E-state index is 0.0880. The molecule has 0 aliphatic heterocycles. The molecular weight excluding hydrogens is 212 g/mol. The van der Waals surface area contributed by atoms with E-state index in [-0.39, 0.29) is 10.8 Å². The van der Waals surface area contributed by atoms with E-state index >= 15 is 0 Å². The first-order chi connectivity index (χ1) is 7.59. The summed E-state index contributed by atoms with van der Waals surface area (Å²) in [6, 6.07) is 0. The first-order valence-corrected chi connectivity index (χ1v) is 6.14. The van der Waals surface area contributed by atoms with Crippen molar-refractivity contribution in [3.05, 3.63) is 17.0 Å². The molecule has 98 valence electrons. The fourth-order valence-electron chi connectivity index (χ4n) is 2.47. The largest absolute Gasteiger partial charge is 0.378 e. The van der Waals surface area contributed by atoms with Crippen molar-refractivity contribution in [3.63, 3.8) is 0 Å². The molecule has 1 rings (SSSR count). The predicted molar refractivity (Wildman–Crippen MR) is 71.3 cm³/mol. The van der Waals surface area contributed by atoms with Crippen LogP contribution in [0.2, 0.25) is 0 Å². The molecule has 0 aliphatic rings. The average molecular weight is 238 g/mol. The fraction of sp³-hybridized carbons (Fsp3) is 0.786. The first kappa shape index (κ1) is 14.2. The minimum absolute atomic E-state index is 0.0880. The molecule has 0 fully saturated rings. The van der Waals surface area contributed by atoms with E-state index in [0.29, 0.717) is 6.61 Å². The van der Waals surface area contributed by atoms with Gasteiger partial charge < -0.3 is 4.74 Å². The summed E-state index contributed by atoms with van der Waals surface area (Å²) in [6.07, 6.45) is 0. The van der Waals surface area contributed by atoms with Crippen LogP contribution in [0.5, 0.6) is 0 Å². The van der Waals surface area contributed by atoms with Gasteiger partial charge in [-0.1, -0.05) is 41.5 Å². The van der Waals surface area contributed by atoms with E-state index in [4.69, 9.17) is 4.74 Å². The summed E-state index contributed by atoms with van der Waals surface area (Å²) >= 11 is 0. The highest BCUT2D eigenvalue weighted by Crippen LogP contribution is 2.36. The van der Waals surface area contributed by atoms with Crippen LogP contribution in [0.4, 0.5) is 0 Å². The van der Waals surface area contributed by atoms with Crippen molar-refractivity contribution in [1.82, 2.24) is 9.78 Å². The summed E-state index contributed by atoms with van der Waals surface area (Å²) < 4.78 is 7.28. The van der Waals surface area contributed by atoms with Crippen LogP contribution < -0.4 is 0 Å². The second-order valence-electron chi connectivity index (χ2n) is 6.73. The Hall–Kier alpha value is -0.830.